The summed E-state index contributed by atoms with van der Waals surface area (Å²) in [5.74, 6) is 0.944. The van der Waals surface area contributed by atoms with Gasteiger partial charge in [0.2, 0.25) is 0 Å². The van der Waals surface area contributed by atoms with Crippen LogP contribution in [-0.2, 0) is 9.84 Å². The number of likely N-dealkylation sites (N-methyl/N-ethyl adjacent to an activating group) is 1. The van der Waals surface area contributed by atoms with Crippen LogP contribution in [0.1, 0.15) is 26.3 Å². The van der Waals surface area contributed by atoms with Crippen molar-refractivity contribution in [3.8, 4) is 0 Å². The molecule has 26 heavy (non-hydrogen) atoms. The molecule has 1 aliphatic rings. The van der Waals surface area contributed by atoms with Gasteiger partial charge in [-0.15, -0.1) is 0 Å². The number of guanidine groups is 1. The van der Waals surface area contributed by atoms with Gasteiger partial charge >= 0.3 is 0 Å². The second-order valence-corrected chi connectivity index (χ2v) is 10.1. The largest absolute Gasteiger partial charge is 0.370 e. The van der Waals surface area contributed by atoms with Crippen LogP contribution < -0.4 is 10.2 Å². The van der Waals surface area contributed by atoms with Crippen molar-refractivity contribution in [2.75, 3.05) is 50.4 Å². The number of aliphatic imine (C=N–C) groups is 1. The monoisotopic (exact) mass is 380 g/mol. The minimum absolute atomic E-state index is 0.172. The second-order valence-electron chi connectivity index (χ2n) is 7.34. The lowest BCUT2D eigenvalue weighted by Gasteiger charge is -2.39. The van der Waals surface area contributed by atoms with Crippen LogP contribution in [0.2, 0.25) is 0 Å². The third-order valence-electron chi connectivity index (χ3n) is 5.06. The highest BCUT2D eigenvalue weighted by atomic mass is 32.2. The van der Waals surface area contributed by atoms with E-state index in [2.05, 4.69) is 53.3 Å². The van der Waals surface area contributed by atoms with E-state index >= 15 is 0 Å². The molecule has 1 N–H and O–H groups in total. The molecule has 1 heterocycles. The highest BCUT2D eigenvalue weighted by Gasteiger charge is 2.40. The molecule has 0 amide bonds. The van der Waals surface area contributed by atoms with Gasteiger partial charge in [-0.2, -0.15) is 0 Å². The van der Waals surface area contributed by atoms with Crippen molar-refractivity contribution in [1.82, 2.24) is 10.2 Å². The van der Waals surface area contributed by atoms with Crippen molar-refractivity contribution < 1.29 is 8.42 Å². The summed E-state index contributed by atoms with van der Waals surface area (Å²) in [6.07, 6.45) is 0. The Morgan fingerprint density at radius 1 is 1.35 bits per heavy atom. The zero-order valence-electron chi connectivity index (χ0n) is 16.6. The molecule has 6 nitrogen and oxygen atoms in total. The molecule has 0 spiro atoms. The number of hydrogen-bond acceptors (Lipinski definition) is 4. The standard InChI is InChI=1S/C19H32N4O2S/c1-6-22(17-10-8-7-9-16(17)2)12-11-21-18(20-5)23-13-14-26(24,25)19(3,4)15-23/h7-10H,6,11-15H2,1-5H3,(H,20,21). The average molecular weight is 381 g/mol. The fourth-order valence-electron chi connectivity index (χ4n) is 3.33. The summed E-state index contributed by atoms with van der Waals surface area (Å²) in [6, 6.07) is 8.39. The quantitative estimate of drug-likeness (QED) is 0.624. The fraction of sp³-hybridized carbons (Fsp3) is 0.632. The van der Waals surface area contributed by atoms with Crippen molar-refractivity contribution in [2.24, 2.45) is 4.99 Å². The van der Waals surface area contributed by atoms with Crippen molar-refractivity contribution >= 4 is 21.5 Å². The Morgan fingerprint density at radius 2 is 2.04 bits per heavy atom. The van der Waals surface area contributed by atoms with E-state index in [-0.39, 0.29) is 5.75 Å². The molecular weight excluding hydrogens is 348 g/mol. The molecule has 7 heteroatoms. The third kappa shape index (κ3) is 4.50. The zero-order chi connectivity index (χ0) is 19.4. The van der Waals surface area contributed by atoms with E-state index in [1.165, 1.54) is 11.3 Å². The first kappa shape index (κ1) is 20.6. The van der Waals surface area contributed by atoms with Gasteiger partial charge in [-0.05, 0) is 39.3 Å². The SMILES string of the molecule is CCN(CCNC(=NC)N1CCS(=O)(=O)C(C)(C)C1)c1ccccc1C. The predicted octanol–water partition coefficient (Wildman–Crippen LogP) is 1.91. The topological polar surface area (TPSA) is 65.0 Å². The highest BCUT2D eigenvalue weighted by Crippen LogP contribution is 2.23. The Morgan fingerprint density at radius 3 is 2.62 bits per heavy atom. The number of sulfone groups is 1. The second kappa shape index (κ2) is 8.29. The van der Waals surface area contributed by atoms with Crippen LogP contribution in [-0.4, -0.2) is 69.5 Å². The van der Waals surface area contributed by atoms with Gasteiger partial charge in [0.25, 0.3) is 0 Å². The maximum atomic E-state index is 12.2. The van der Waals surface area contributed by atoms with Gasteiger partial charge < -0.3 is 15.1 Å². The smallest absolute Gasteiger partial charge is 0.193 e. The lowest BCUT2D eigenvalue weighted by atomic mass is 10.2. The Bertz CT molecular complexity index is 744. The summed E-state index contributed by atoms with van der Waals surface area (Å²) < 4.78 is 23.6. The van der Waals surface area contributed by atoms with Crippen molar-refractivity contribution in [3.05, 3.63) is 29.8 Å². The van der Waals surface area contributed by atoms with Crippen molar-refractivity contribution in [2.45, 2.75) is 32.4 Å². The number of hydrogen-bond donors (Lipinski definition) is 1. The lowest BCUT2D eigenvalue weighted by Crippen LogP contribution is -2.57. The van der Waals surface area contributed by atoms with Gasteiger partial charge in [-0.25, -0.2) is 8.42 Å². The summed E-state index contributed by atoms with van der Waals surface area (Å²) >= 11 is 0. The lowest BCUT2D eigenvalue weighted by molar-refractivity contribution is 0.353. The molecule has 2 rings (SSSR count). The van der Waals surface area contributed by atoms with Crippen molar-refractivity contribution in [3.63, 3.8) is 0 Å². The molecule has 1 saturated heterocycles. The molecule has 1 fully saturated rings. The molecule has 1 aromatic carbocycles. The Hall–Kier alpha value is -1.76. The van der Waals surface area contributed by atoms with Crippen LogP contribution in [0.4, 0.5) is 5.69 Å². The van der Waals surface area contributed by atoms with E-state index in [4.69, 9.17) is 0 Å². The van der Waals surface area contributed by atoms with E-state index < -0.39 is 14.6 Å². The number of para-hydroxylation sites is 1. The number of anilines is 1. The summed E-state index contributed by atoms with van der Waals surface area (Å²) in [4.78, 5) is 8.74. The molecule has 146 valence electrons. The van der Waals surface area contributed by atoms with E-state index in [1.54, 1.807) is 20.9 Å². The Balaban J connectivity index is 1.96. The summed E-state index contributed by atoms with van der Waals surface area (Å²) in [7, 11) is -1.30. The van der Waals surface area contributed by atoms with Gasteiger partial charge in [-0.1, -0.05) is 18.2 Å². The van der Waals surface area contributed by atoms with Crippen LogP contribution in [0.3, 0.4) is 0 Å². The van der Waals surface area contributed by atoms with E-state index in [0.717, 1.165) is 25.6 Å². The normalized spacial score (nSPS) is 19.3. The number of rotatable bonds is 5. The highest BCUT2D eigenvalue weighted by molar-refractivity contribution is 7.92. The fourth-order valence-corrected chi connectivity index (χ4v) is 4.69. The minimum Gasteiger partial charge on any atom is -0.370 e. The Labute approximate surface area is 158 Å². The third-order valence-corrected chi connectivity index (χ3v) is 7.59. The molecule has 0 saturated carbocycles. The molecular formula is C19H32N4O2S. The zero-order valence-corrected chi connectivity index (χ0v) is 17.4. The van der Waals surface area contributed by atoms with Crippen LogP contribution in [0.5, 0.6) is 0 Å². The Kier molecular flexibility index (Phi) is 6.55. The minimum atomic E-state index is -3.05. The molecule has 0 radical (unpaired) electrons. The summed E-state index contributed by atoms with van der Waals surface area (Å²) in [5, 5.41) is 3.40. The van der Waals surface area contributed by atoms with Crippen LogP contribution >= 0.6 is 0 Å². The first-order valence-corrected chi connectivity index (χ1v) is 10.9. The van der Waals surface area contributed by atoms with Crippen LogP contribution in [0.25, 0.3) is 0 Å². The molecule has 0 aromatic heterocycles. The molecule has 0 unspecified atom stereocenters. The molecule has 1 aliphatic heterocycles. The number of nitrogens with zero attached hydrogens (tertiary/aromatic N) is 3. The summed E-state index contributed by atoms with van der Waals surface area (Å²) in [5.41, 5.74) is 2.51. The van der Waals surface area contributed by atoms with Gasteiger partial charge in [0, 0.05) is 45.5 Å². The maximum Gasteiger partial charge on any atom is 0.193 e. The van der Waals surface area contributed by atoms with Crippen molar-refractivity contribution in [1.29, 1.82) is 0 Å². The van der Waals surface area contributed by atoms with Gasteiger partial charge in [0.15, 0.2) is 15.8 Å². The van der Waals surface area contributed by atoms with Gasteiger partial charge in [-0.3, -0.25) is 4.99 Å². The maximum absolute atomic E-state index is 12.2. The number of benzene rings is 1. The first-order valence-electron chi connectivity index (χ1n) is 9.20. The van der Waals surface area contributed by atoms with E-state index in [1.807, 2.05) is 4.90 Å². The predicted molar refractivity (Wildman–Crippen MR) is 110 cm³/mol. The summed E-state index contributed by atoms with van der Waals surface area (Å²) in [6.45, 7) is 11.3. The van der Waals surface area contributed by atoms with Gasteiger partial charge in [0.05, 0.1) is 10.5 Å². The van der Waals surface area contributed by atoms with E-state index in [9.17, 15) is 8.42 Å². The molecule has 0 atom stereocenters. The first-order chi connectivity index (χ1) is 12.2. The molecule has 0 aliphatic carbocycles. The van der Waals surface area contributed by atoms with Gasteiger partial charge in [0.1, 0.15) is 0 Å². The van der Waals surface area contributed by atoms with Crippen LogP contribution in [0, 0.1) is 6.92 Å². The van der Waals surface area contributed by atoms with Crippen LogP contribution in [0.15, 0.2) is 29.3 Å². The number of nitrogens with one attached hydrogen (secondary N) is 1. The molecule has 1 aromatic rings. The molecule has 0 bridgehead atoms. The average Bonchev–Trinajstić information content (AvgIpc) is 2.59. The van der Waals surface area contributed by atoms with E-state index in [0.29, 0.717) is 13.1 Å². The number of aryl methyl sites for hydroxylation is 1.